The second-order valence-electron chi connectivity index (χ2n) is 1.66. The SMILES string of the molecule is O=CC1OCC(=O)C1=O. The zero-order chi connectivity index (χ0) is 6.85. The predicted octanol–water partition coefficient (Wildman–Crippen LogP) is -1.28. The molecule has 0 aliphatic carbocycles. The van der Waals surface area contributed by atoms with E-state index >= 15 is 0 Å². The van der Waals surface area contributed by atoms with Crippen LogP contribution in [-0.4, -0.2) is 30.6 Å². The van der Waals surface area contributed by atoms with Crippen LogP contribution in [0, 0.1) is 0 Å². The summed E-state index contributed by atoms with van der Waals surface area (Å²) in [5.74, 6) is -1.35. The first-order valence-electron chi connectivity index (χ1n) is 2.39. The second kappa shape index (κ2) is 2.06. The highest BCUT2D eigenvalue weighted by atomic mass is 16.5. The lowest BCUT2D eigenvalue weighted by atomic mass is 10.2. The van der Waals surface area contributed by atoms with Crippen LogP contribution in [0.4, 0.5) is 0 Å². The van der Waals surface area contributed by atoms with E-state index in [4.69, 9.17) is 0 Å². The molecule has 4 heteroatoms. The van der Waals surface area contributed by atoms with Crippen LogP contribution in [0.2, 0.25) is 0 Å². The normalized spacial score (nSPS) is 26.9. The summed E-state index contributed by atoms with van der Waals surface area (Å²) in [5, 5.41) is 0. The minimum atomic E-state index is -1.13. The highest BCUT2D eigenvalue weighted by molar-refractivity contribution is 6.43. The van der Waals surface area contributed by atoms with Crippen molar-refractivity contribution in [2.75, 3.05) is 6.61 Å². The van der Waals surface area contributed by atoms with Crippen molar-refractivity contribution < 1.29 is 19.1 Å². The number of hydrogen-bond acceptors (Lipinski definition) is 4. The van der Waals surface area contributed by atoms with E-state index in [9.17, 15) is 14.4 Å². The van der Waals surface area contributed by atoms with Gasteiger partial charge in [-0.25, -0.2) is 0 Å². The third-order valence-corrected chi connectivity index (χ3v) is 1.05. The van der Waals surface area contributed by atoms with Crippen LogP contribution in [0.5, 0.6) is 0 Å². The van der Waals surface area contributed by atoms with Gasteiger partial charge >= 0.3 is 0 Å². The number of hydrogen-bond donors (Lipinski definition) is 0. The Morgan fingerprint density at radius 3 is 2.44 bits per heavy atom. The number of ketones is 2. The predicted molar refractivity (Wildman–Crippen MR) is 25.8 cm³/mol. The number of Topliss-reactive ketones (excluding diaryl/α,β-unsaturated/α-hetero) is 2. The first kappa shape index (κ1) is 6.10. The summed E-state index contributed by atoms with van der Waals surface area (Å²) in [4.78, 5) is 30.6. The van der Waals surface area contributed by atoms with E-state index < -0.39 is 17.7 Å². The van der Waals surface area contributed by atoms with Gasteiger partial charge in [-0.1, -0.05) is 0 Å². The Morgan fingerprint density at radius 2 is 2.22 bits per heavy atom. The number of rotatable bonds is 1. The topological polar surface area (TPSA) is 60.4 Å². The summed E-state index contributed by atoms with van der Waals surface area (Å²) in [6, 6.07) is 0. The van der Waals surface area contributed by atoms with Gasteiger partial charge in [0.25, 0.3) is 0 Å². The van der Waals surface area contributed by atoms with Crippen LogP contribution in [0.3, 0.4) is 0 Å². The van der Waals surface area contributed by atoms with Gasteiger partial charge in [0.2, 0.25) is 11.6 Å². The maximum atomic E-state index is 10.4. The van der Waals surface area contributed by atoms with E-state index in [1.54, 1.807) is 0 Å². The Morgan fingerprint density at radius 1 is 1.56 bits per heavy atom. The first-order valence-corrected chi connectivity index (χ1v) is 2.39. The molecule has 1 fully saturated rings. The fourth-order valence-corrected chi connectivity index (χ4v) is 0.572. The molecule has 1 atom stereocenters. The lowest BCUT2D eigenvalue weighted by Gasteiger charge is -1.90. The summed E-state index contributed by atoms with van der Waals surface area (Å²) in [6.45, 7) is -0.248. The maximum Gasteiger partial charge on any atom is 0.236 e. The number of aldehydes is 1. The quantitative estimate of drug-likeness (QED) is 0.251. The summed E-state index contributed by atoms with van der Waals surface area (Å²) in [6.07, 6.45) is -0.801. The van der Waals surface area contributed by atoms with Crippen LogP contribution in [0.25, 0.3) is 0 Å². The molecule has 0 bridgehead atoms. The average Bonchev–Trinajstić information content (AvgIpc) is 2.15. The molecule has 1 unspecified atom stereocenters. The molecule has 0 saturated carbocycles. The molecule has 1 heterocycles. The van der Waals surface area contributed by atoms with Crippen LogP contribution in [0.15, 0.2) is 0 Å². The third kappa shape index (κ3) is 0.882. The van der Waals surface area contributed by atoms with Gasteiger partial charge in [-0.15, -0.1) is 0 Å². The van der Waals surface area contributed by atoms with Gasteiger partial charge in [-0.05, 0) is 0 Å². The van der Waals surface area contributed by atoms with E-state index in [0.29, 0.717) is 6.29 Å². The maximum absolute atomic E-state index is 10.4. The van der Waals surface area contributed by atoms with Crippen molar-refractivity contribution in [2.24, 2.45) is 0 Å². The van der Waals surface area contributed by atoms with Gasteiger partial charge in [0.15, 0.2) is 12.4 Å². The Hall–Kier alpha value is -1.03. The van der Waals surface area contributed by atoms with Gasteiger partial charge in [0.05, 0.1) is 0 Å². The van der Waals surface area contributed by atoms with E-state index in [1.165, 1.54) is 0 Å². The van der Waals surface area contributed by atoms with Crippen molar-refractivity contribution in [1.29, 1.82) is 0 Å². The summed E-state index contributed by atoms with van der Waals surface area (Å²) in [7, 11) is 0. The molecule has 9 heavy (non-hydrogen) atoms. The molecule has 48 valence electrons. The molecule has 0 N–H and O–H groups in total. The van der Waals surface area contributed by atoms with Crippen molar-refractivity contribution in [2.45, 2.75) is 6.10 Å². The van der Waals surface area contributed by atoms with Crippen molar-refractivity contribution >= 4 is 17.9 Å². The van der Waals surface area contributed by atoms with Gasteiger partial charge < -0.3 is 4.74 Å². The summed E-state index contributed by atoms with van der Waals surface area (Å²) in [5.41, 5.74) is 0. The number of carbonyl (C=O) groups is 3. The lowest BCUT2D eigenvalue weighted by molar-refractivity contribution is -0.136. The highest BCUT2D eigenvalue weighted by Gasteiger charge is 2.32. The zero-order valence-corrected chi connectivity index (χ0v) is 4.49. The molecule has 0 amide bonds. The molecule has 1 rings (SSSR count). The fourth-order valence-electron chi connectivity index (χ4n) is 0.572. The molecule has 1 aliphatic rings. The molecular formula is C5H4O4. The Bertz CT molecular complexity index is 172. The Labute approximate surface area is 50.8 Å². The van der Waals surface area contributed by atoms with Crippen LogP contribution < -0.4 is 0 Å². The van der Waals surface area contributed by atoms with Crippen molar-refractivity contribution in [3.8, 4) is 0 Å². The molecule has 0 radical (unpaired) electrons. The van der Waals surface area contributed by atoms with Gasteiger partial charge in [-0.2, -0.15) is 0 Å². The third-order valence-electron chi connectivity index (χ3n) is 1.05. The molecule has 0 aromatic heterocycles. The van der Waals surface area contributed by atoms with Crippen molar-refractivity contribution in [3.05, 3.63) is 0 Å². The van der Waals surface area contributed by atoms with Gasteiger partial charge in [-0.3, -0.25) is 14.4 Å². The minimum absolute atomic E-state index is 0.248. The number of carbonyl (C=O) groups excluding carboxylic acids is 3. The second-order valence-corrected chi connectivity index (χ2v) is 1.66. The standard InChI is InChI=1S/C5H4O4/c6-1-4-5(8)3(7)2-9-4/h1,4H,2H2. The van der Waals surface area contributed by atoms with Crippen molar-refractivity contribution in [3.63, 3.8) is 0 Å². The summed E-state index contributed by atoms with van der Waals surface area (Å²) < 4.78 is 4.46. The fraction of sp³-hybridized carbons (Fsp3) is 0.400. The van der Waals surface area contributed by atoms with E-state index in [1.807, 2.05) is 0 Å². The Balaban J connectivity index is 2.73. The molecule has 4 nitrogen and oxygen atoms in total. The molecule has 1 aliphatic heterocycles. The minimum Gasteiger partial charge on any atom is -0.354 e. The van der Waals surface area contributed by atoms with Crippen molar-refractivity contribution in [1.82, 2.24) is 0 Å². The molecule has 0 aromatic carbocycles. The molecule has 1 saturated heterocycles. The molecule has 0 spiro atoms. The van der Waals surface area contributed by atoms with Gasteiger partial charge in [0, 0.05) is 0 Å². The largest absolute Gasteiger partial charge is 0.354 e. The van der Waals surface area contributed by atoms with E-state index in [2.05, 4.69) is 4.74 Å². The van der Waals surface area contributed by atoms with E-state index in [0.717, 1.165) is 0 Å². The summed E-state index contributed by atoms with van der Waals surface area (Å²) >= 11 is 0. The van der Waals surface area contributed by atoms with Crippen LogP contribution >= 0.6 is 0 Å². The van der Waals surface area contributed by atoms with Crippen LogP contribution in [-0.2, 0) is 19.1 Å². The van der Waals surface area contributed by atoms with Crippen LogP contribution in [0.1, 0.15) is 0 Å². The monoisotopic (exact) mass is 128 g/mol. The highest BCUT2D eigenvalue weighted by Crippen LogP contribution is 2.00. The van der Waals surface area contributed by atoms with E-state index in [-0.39, 0.29) is 6.61 Å². The zero-order valence-electron chi connectivity index (χ0n) is 4.49. The van der Waals surface area contributed by atoms with Gasteiger partial charge in [0.1, 0.15) is 6.61 Å². The molecule has 0 aromatic rings. The lowest BCUT2D eigenvalue weighted by Crippen LogP contribution is -2.20. The number of ether oxygens (including phenoxy) is 1. The smallest absolute Gasteiger partial charge is 0.236 e. The Kier molecular flexibility index (Phi) is 1.40. The average molecular weight is 128 g/mol. The first-order chi connectivity index (χ1) is 4.25. The molecular weight excluding hydrogens is 124 g/mol.